The summed E-state index contributed by atoms with van der Waals surface area (Å²) in [7, 11) is 0. The van der Waals surface area contributed by atoms with E-state index in [1.807, 2.05) is 27.7 Å². The third-order valence-electron chi connectivity index (χ3n) is 4.52. The van der Waals surface area contributed by atoms with Crippen LogP contribution < -0.4 is 10.6 Å². The van der Waals surface area contributed by atoms with Gasteiger partial charge in [0.1, 0.15) is 17.5 Å². The summed E-state index contributed by atoms with van der Waals surface area (Å²) >= 11 is 0. The van der Waals surface area contributed by atoms with E-state index in [1.54, 1.807) is 19.1 Å². The smallest absolute Gasteiger partial charge is 0.247 e. The molecule has 1 heterocycles. The van der Waals surface area contributed by atoms with Gasteiger partial charge < -0.3 is 10.6 Å². The lowest BCUT2D eigenvalue weighted by Gasteiger charge is -2.16. The second-order valence-electron chi connectivity index (χ2n) is 7.85. The fourth-order valence-corrected chi connectivity index (χ4v) is 3.04. The highest BCUT2D eigenvalue weighted by Crippen LogP contribution is 2.34. The Morgan fingerprint density at radius 2 is 1.69 bits per heavy atom. The summed E-state index contributed by atoms with van der Waals surface area (Å²) in [6, 6.07) is 3.64. The fraction of sp³-hybridized carbons (Fsp3) is 0.391. The highest BCUT2D eigenvalue weighted by molar-refractivity contribution is 5.97. The zero-order valence-corrected chi connectivity index (χ0v) is 18.1. The zero-order valence-electron chi connectivity index (χ0n) is 18.1. The number of hydrogen-bond acceptors (Lipinski definition) is 3. The molecule has 0 unspecified atom stereocenters. The quantitative estimate of drug-likeness (QED) is 0.638. The molecule has 2 aromatic rings. The van der Waals surface area contributed by atoms with Crippen LogP contribution in [0.2, 0.25) is 0 Å². The van der Waals surface area contributed by atoms with Crippen LogP contribution in [0.25, 0.3) is 17.2 Å². The van der Waals surface area contributed by atoms with Gasteiger partial charge in [0.15, 0.2) is 0 Å². The van der Waals surface area contributed by atoms with Crippen LogP contribution in [0.1, 0.15) is 51.3 Å². The van der Waals surface area contributed by atoms with Crippen molar-refractivity contribution in [3.05, 3.63) is 52.2 Å². The predicted octanol–water partition coefficient (Wildman–Crippen LogP) is 5.39. The number of hydrogen-bond donors (Lipinski definition) is 2. The Labute approximate surface area is 171 Å². The van der Waals surface area contributed by atoms with Crippen molar-refractivity contribution in [3.63, 3.8) is 0 Å². The van der Waals surface area contributed by atoms with Crippen molar-refractivity contribution < 1.29 is 13.6 Å². The van der Waals surface area contributed by atoms with Crippen LogP contribution in [0.3, 0.4) is 0 Å². The summed E-state index contributed by atoms with van der Waals surface area (Å²) in [5, 5.41) is 5.91. The lowest BCUT2D eigenvalue weighted by atomic mass is 9.93. The molecule has 1 aromatic carbocycles. The normalized spacial score (nSPS) is 11.9. The molecule has 1 amide bonds. The Morgan fingerprint density at radius 3 is 2.21 bits per heavy atom. The summed E-state index contributed by atoms with van der Waals surface area (Å²) in [5.41, 5.74) is 1.43. The highest BCUT2D eigenvalue weighted by Gasteiger charge is 2.21. The molecule has 0 radical (unpaired) electrons. The van der Waals surface area contributed by atoms with Crippen molar-refractivity contribution in [3.8, 4) is 11.1 Å². The Bertz CT molecular complexity index is 903. The number of benzene rings is 1. The Balaban J connectivity index is 2.50. The lowest BCUT2D eigenvalue weighted by molar-refractivity contribution is -0.117. The average Bonchev–Trinajstić information content (AvgIpc) is 2.64. The Morgan fingerprint density at radius 1 is 1.03 bits per heavy atom. The molecule has 0 bridgehead atoms. The van der Waals surface area contributed by atoms with Crippen LogP contribution in [0.4, 0.5) is 14.6 Å². The van der Waals surface area contributed by atoms with Crippen LogP contribution in [0.5, 0.6) is 0 Å². The minimum Gasteiger partial charge on any atom is -0.368 e. The molecule has 2 rings (SSSR count). The van der Waals surface area contributed by atoms with Crippen molar-refractivity contribution in [2.75, 3.05) is 5.32 Å². The minimum atomic E-state index is -0.542. The molecule has 0 saturated carbocycles. The number of amides is 1. The monoisotopic (exact) mass is 401 g/mol. The number of nitrogens with zero attached hydrogens (tertiary/aromatic N) is 1. The van der Waals surface area contributed by atoms with Gasteiger partial charge in [-0.1, -0.05) is 0 Å². The van der Waals surface area contributed by atoms with Crippen molar-refractivity contribution >= 4 is 17.8 Å². The number of pyridine rings is 1. The van der Waals surface area contributed by atoms with Gasteiger partial charge in [0, 0.05) is 40.5 Å². The van der Waals surface area contributed by atoms with Crippen molar-refractivity contribution in [1.29, 1.82) is 0 Å². The van der Waals surface area contributed by atoms with Crippen molar-refractivity contribution in [2.24, 2.45) is 0 Å². The van der Waals surface area contributed by atoms with Gasteiger partial charge in [-0.25, -0.2) is 13.8 Å². The molecule has 0 atom stereocenters. The molecule has 2 N–H and O–H groups in total. The first-order chi connectivity index (χ1) is 13.5. The van der Waals surface area contributed by atoms with E-state index in [2.05, 4.69) is 15.6 Å². The Hall–Kier alpha value is -2.76. The third kappa shape index (κ3) is 5.19. The van der Waals surface area contributed by atoms with E-state index in [-0.39, 0.29) is 40.2 Å². The Kier molecular flexibility index (Phi) is 7.11. The number of nitrogens with one attached hydrogen (secondary N) is 2. The van der Waals surface area contributed by atoms with E-state index in [4.69, 9.17) is 0 Å². The molecule has 0 fully saturated rings. The fourth-order valence-electron chi connectivity index (χ4n) is 3.04. The predicted molar refractivity (Wildman–Crippen MR) is 115 cm³/mol. The van der Waals surface area contributed by atoms with E-state index >= 15 is 8.78 Å². The second-order valence-corrected chi connectivity index (χ2v) is 7.85. The molecule has 29 heavy (non-hydrogen) atoms. The van der Waals surface area contributed by atoms with Gasteiger partial charge in [0.25, 0.3) is 0 Å². The van der Waals surface area contributed by atoms with Crippen molar-refractivity contribution in [2.45, 2.75) is 60.5 Å². The summed E-state index contributed by atoms with van der Waals surface area (Å²) in [5.74, 6) is -0.692. The summed E-state index contributed by atoms with van der Waals surface area (Å²) < 4.78 is 30.4. The minimum absolute atomic E-state index is 0.0432. The van der Waals surface area contributed by atoms with Gasteiger partial charge in [-0.05, 0) is 77.8 Å². The van der Waals surface area contributed by atoms with Gasteiger partial charge in [-0.2, -0.15) is 0 Å². The number of anilines is 1. The SMILES string of the molecule is C/C(=C\c1c(C)c(F)c(-c2ccc(NC(C)C)nc2)c(C)c1F)C(=O)NC(C)C. The number of rotatable bonds is 6. The molecule has 6 heteroatoms. The van der Waals surface area contributed by atoms with Crippen LogP contribution in [-0.4, -0.2) is 23.0 Å². The zero-order chi connectivity index (χ0) is 21.9. The third-order valence-corrected chi connectivity index (χ3v) is 4.52. The molecule has 4 nitrogen and oxygen atoms in total. The van der Waals surface area contributed by atoms with Gasteiger partial charge in [-0.3, -0.25) is 4.79 Å². The van der Waals surface area contributed by atoms with Gasteiger partial charge in [0.05, 0.1) is 0 Å². The maximum absolute atomic E-state index is 15.2. The number of carbonyl (C=O) groups is 1. The lowest BCUT2D eigenvalue weighted by Crippen LogP contribution is -2.30. The van der Waals surface area contributed by atoms with E-state index in [9.17, 15) is 4.79 Å². The molecule has 0 aliphatic heterocycles. The summed E-state index contributed by atoms with van der Waals surface area (Å²) in [6.07, 6.45) is 2.93. The first-order valence-electron chi connectivity index (χ1n) is 9.73. The first-order valence-corrected chi connectivity index (χ1v) is 9.73. The standard InChI is InChI=1S/C23H29F2N3O/c1-12(2)27-19-9-8-17(11-26-19)20-16(7)21(24)18(15(6)22(20)25)10-14(5)23(29)28-13(3)4/h8-13H,1-7H3,(H,26,27)(H,28,29)/b14-10+. The van der Waals surface area contributed by atoms with Crippen molar-refractivity contribution in [1.82, 2.24) is 10.3 Å². The molecule has 156 valence electrons. The van der Waals surface area contributed by atoms with E-state index < -0.39 is 11.6 Å². The maximum Gasteiger partial charge on any atom is 0.247 e. The number of halogens is 2. The summed E-state index contributed by atoms with van der Waals surface area (Å²) in [4.78, 5) is 16.4. The van der Waals surface area contributed by atoms with E-state index in [1.165, 1.54) is 26.1 Å². The van der Waals surface area contributed by atoms with Crippen LogP contribution in [-0.2, 0) is 4.79 Å². The van der Waals surface area contributed by atoms with Gasteiger partial charge in [-0.15, -0.1) is 0 Å². The second kappa shape index (κ2) is 9.16. The van der Waals surface area contributed by atoms with Gasteiger partial charge >= 0.3 is 0 Å². The number of aromatic nitrogens is 1. The molecule has 1 aromatic heterocycles. The molecular weight excluding hydrogens is 372 g/mol. The molecule has 0 aliphatic rings. The topological polar surface area (TPSA) is 54.0 Å². The molecular formula is C23H29F2N3O. The first kappa shape index (κ1) is 22.5. The van der Waals surface area contributed by atoms with Crippen LogP contribution in [0.15, 0.2) is 23.9 Å². The van der Waals surface area contributed by atoms with Crippen LogP contribution in [0, 0.1) is 25.5 Å². The molecule has 0 saturated heterocycles. The highest BCUT2D eigenvalue weighted by atomic mass is 19.1. The van der Waals surface area contributed by atoms with Crippen LogP contribution >= 0.6 is 0 Å². The largest absolute Gasteiger partial charge is 0.368 e. The number of carbonyl (C=O) groups excluding carboxylic acids is 1. The molecule has 0 aliphatic carbocycles. The average molecular weight is 402 g/mol. The van der Waals surface area contributed by atoms with Gasteiger partial charge in [0.2, 0.25) is 5.91 Å². The maximum atomic E-state index is 15.2. The summed E-state index contributed by atoms with van der Waals surface area (Å²) in [6.45, 7) is 12.3. The molecule has 0 spiro atoms. The van der Waals surface area contributed by atoms with E-state index in [0.717, 1.165) is 0 Å². The van der Waals surface area contributed by atoms with E-state index in [0.29, 0.717) is 17.0 Å².